The lowest BCUT2D eigenvalue weighted by molar-refractivity contribution is 0.133. The summed E-state index contributed by atoms with van der Waals surface area (Å²) in [4.78, 5) is 0.364. The number of nitrogens with one attached hydrogen (secondary N) is 2. The van der Waals surface area contributed by atoms with Gasteiger partial charge in [0.1, 0.15) is 0 Å². The molecule has 0 heterocycles. The molecule has 118 valence electrons. The Labute approximate surface area is 128 Å². The van der Waals surface area contributed by atoms with E-state index in [2.05, 4.69) is 17.0 Å². The van der Waals surface area contributed by atoms with E-state index < -0.39 is 10.0 Å². The zero-order valence-electron chi connectivity index (χ0n) is 13.0. The highest BCUT2D eigenvalue weighted by atomic mass is 32.2. The fourth-order valence-corrected chi connectivity index (χ4v) is 3.98. The van der Waals surface area contributed by atoms with Gasteiger partial charge in [0.2, 0.25) is 10.0 Å². The molecule has 0 spiro atoms. The minimum atomic E-state index is -3.41. The van der Waals surface area contributed by atoms with E-state index in [1.165, 1.54) is 6.42 Å². The Morgan fingerprint density at radius 2 is 2.00 bits per heavy atom. The van der Waals surface area contributed by atoms with Crippen LogP contribution >= 0.6 is 0 Å². The van der Waals surface area contributed by atoms with E-state index >= 15 is 0 Å². The molecule has 1 aliphatic rings. The van der Waals surface area contributed by atoms with Crippen LogP contribution in [-0.4, -0.2) is 21.5 Å². The molecule has 5 heteroatoms. The van der Waals surface area contributed by atoms with Gasteiger partial charge < -0.3 is 5.32 Å². The van der Waals surface area contributed by atoms with Crippen LogP contribution in [0.2, 0.25) is 0 Å². The highest BCUT2D eigenvalue weighted by molar-refractivity contribution is 7.89. The summed E-state index contributed by atoms with van der Waals surface area (Å²) >= 11 is 0. The second-order valence-electron chi connectivity index (χ2n) is 5.96. The van der Waals surface area contributed by atoms with Gasteiger partial charge in [0.05, 0.1) is 4.90 Å². The quantitative estimate of drug-likeness (QED) is 0.776. The highest BCUT2D eigenvalue weighted by Crippen LogP contribution is 2.43. The van der Waals surface area contributed by atoms with Crippen LogP contribution in [-0.2, 0) is 16.6 Å². The second kappa shape index (κ2) is 6.90. The molecule has 2 rings (SSSR count). The van der Waals surface area contributed by atoms with Crippen molar-refractivity contribution >= 4 is 10.0 Å². The van der Waals surface area contributed by atoms with E-state index in [1.54, 1.807) is 18.2 Å². The van der Waals surface area contributed by atoms with Gasteiger partial charge in [0, 0.05) is 13.1 Å². The van der Waals surface area contributed by atoms with E-state index in [9.17, 15) is 8.42 Å². The number of sulfonamides is 1. The standard InChI is InChI=1S/C16H26N2O2S/c1-3-16(9-6-10-16)13-18-21(19,20)15-8-5-7-14(11-15)12-17-4-2/h5,7-8,11,17-18H,3-4,6,9-10,12-13H2,1-2H3. The third-order valence-corrected chi connectivity index (χ3v) is 5.99. The third-order valence-electron chi connectivity index (χ3n) is 4.59. The Kier molecular flexibility index (Phi) is 5.41. The molecule has 2 N–H and O–H groups in total. The van der Waals surface area contributed by atoms with Gasteiger partial charge in [-0.3, -0.25) is 0 Å². The first kappa shape index (κ1) is 16.5. The molecular formula is C16H26N2O2S. The predicted octanol–water partition coefficient (Wildman–Crippen LogP) is 2.65. The molecule has 0 aliphatic heterocycles. The van der Waals surface area contributed by atoms with E-state index in [0.717, 1.165) is 31.4 Å². The third kappa shape index (κ3) is 4.05. The number of benzene rings is 1. The number of hydrogen-bond donors (Lipinski definition) is 2. The molecule has 4 nitrogen and oxygen atoms in total. The Balaban J connectivity index is 2.04. The Hall–Kier alpha value is -0.910. The largest absolute Gasteiger partial charge is 0.313 e. The van der Waals surface area contributed by atoms with Crippen LogP contribution in [0.5, 0.6) is 0 Å². The highest BCUT2D eigenvalue weighted by Gasteiger charge is 2.36. The molecule has 0 radical (unpaired) electrons. The van der Waals surface area contributed by atoms with Crippen molar-refractivity contribution in [2.24, 2.45) is 5.41 Å². The minimum absolute atomic E-state index is 0.189. The fourth-order valence-electron chi connectivity index (χ4n) is 2.76. The maximum Gasteiger partial charge on any atom is 0.240 e. The summed E-state index contributed by atoms with van der Waals surface area (Å²) in [7, 11) is -3.41. The van der Waals surface area contributed by atoms with E-state index in [1.807, 2.05) is 13.0 Å². The van der Waals surface area contributed by atoms with Gasteiger partial charge in [-0.05, 0) is 48.9 Å². The van der Waals surface area contributed by atoms with Gasteiger partial charge >= 0.3 is 0 Å². The zero-order valence-corrected chi connectivity index (χ0v) is 13.8. The number of rotatable bonds is 8. The maximum absolute atomic E-state index is 12.4. The number of hydrogen-bond acceptors (Lipinski definition) is 3. The topological polar surface area (TPSA) is 58.2 Å². The van der Waals surface area contributed by atoms with Crippen LogP contribution in [0.3, 0.4) is 0 Å². The van der Waals surface area contributed by atoms with Crippen molar-refractivity contribution in [3.63, 3.8) is 0 Å². The van der Waals surface area contributed by atoms with Gasteiger partial charge in [-0.25, -0.2) is 13.1 Å². The Bertz CT molecular complexity index is 560. The molecule has 1 aromatic carbocycles. The minimum Gasteiger partial charge on any atom is -0.313 e. The first-order valence-electron chi connectivity index (χ1n) is 7.81. The predicted molar refractivity (Wildman–Crippen MR) is 85.6 cm³/mol. The van der Waals surface area contributed by atoms with Gasteiger partial charge in [-0.1, -0.05) is 32.4 Å². The van der Waals surface area contributed by atoms with Crippen LogP contribution in [0, 0.1) is 5.41 Å². The maximum atomic E-state index is 12.4. The van der Waals surface area contributed by atoms with Crippen molar-refractivity contribution in [1.29, 1.82) is 0 Å². The first-order chi connectivity index (χ1) is 10.0. The van der Waals surface area contributed by atoms with Crippen molar-refractivity contribution < 1.29 is 8.42 Å². The van der Waals surface area contributed by atoms with Crippen molar-refractivity contribution in [1.82, 2.24) is 10.0 Å². The lowest BCUT2D eigenvalue weighted by Gasteiger charge is -2.41. The second-order valence-corrected chi connectivity index (χ2v) is 7.73. The molecule has 1 fully saturated rings. The average molecular weight is 310 g/mol. The summed E-state index contributed by atoms with van der Waals surface area (Å²) in [5, 5.41) is 3.21. The molecule has 1 aliphatic carbocycles. The lowest BCUT2D eigenvalue weighted by Crippen LogP contribution is -2.41. The summed E-state index contributed by atoms with van der Waals surface area (Å²) < 4.78 is 27.7. The molecule has 0 amide bonds. The molecule has 0 unspecified atom stereocenters. The van der Waals surface area contributed by atoms with Gasteiger partial charge in [0.25, 0.3) is 0 Å². The normalized spacial score (nSPS) is 17.4. The summed E-state index contributed by atoms with van der Waals surface area (Å²) in [6.07, 6.45) is 4.52. The SMILES string of the molecule is CCNCc1cccc(S(=O)(=O)NCC2(CC)CCC2)c1. The Morgan fingerprint density at radius 1 is 1.24 bits per heavy atom. The molecule has 21 heavy (non-hydrogen) atoms. The van der Waals surface area contributed by atoms with Crippen molar-refractivity contribution in [3.8, 4) is 0 Å². The van der Waals surface area contributed by atoms with E-state index in [0.29, 0.717) is 18.0 Å². The van der Waals surface area contributed by atoms with Crippen LogP contribution in [0.25, 0.3) is 0 Å². The van der Waals surface area contributed by atoms with Crippen LogP contribution in [0.15, 0.2) is 29.2 Å². The van der Waals surface area contributed by atoms with Crippen molar-refractivity contribution in [2.75, 3.05) is 13.1 Å². The van der Waals surface area contributed by atoms with Gasteiger partial charge in [-0.15, -0.1) is 0 Å². The van der Waals surface area contributed by atoms with E-state index in [4.69, 9.17) is 0 Å². The van der Waals surface area contributed by atoms with Gasteiger partial charge in [0.15, 0.2) is 0 Å². The molecule has 0 saturated heterocycles. The van der Waals surface area contributed by atoms with Crippen LogP contribution in [0.1, 0.15) is 45.1 Å². The molecule has 0 bridgehead atoms. The monoisotopic (exact) mass is 310 g/mol. The van der Waals surface area contributed by atoms with Gasteiger partial charge in [-0.2, -0.15) is 0 Å². The summed E-state index contributed by atoms with van der Waals surface area (Å²) in [5.74, 6) is 0. The average Bonchev–Trinajstić information content (AvgIpc) is 2.45. The molecule has 0 atom stereocenters. The summed E-state index contributed by atoms with van der Waals surface area (Å²) in [5.41, 5.74) is 1.18. The summed E-state index contributed by atoms with van der Waals surface area (Å²) in [6.45, 7) is 6.30. The summed E-state index contributed by atoms with van der Waals surface area (Å²) in [6, 6.07) is 7.17. The van der Waals surface area contributed by atoms with Crippen LogP contribution < -0.4 is 10.0 Å². The van der Waals surface area contributed by atoms with E-state index in [-0.39, 0.29) is 5.41 Å². The van der Waals surface area contributed by atoms with Crippen molar-refractivity contribution in [3.05, 3.63) is 29.8 Å². The molecule has 1 aromatic rings. The van der Waals surface area contributed by atoms with Crippen molar-refractivity contribution in [2.45, 2.75) is 51.0 Å². The Morgan fingerprint density at radius 3 is 2.57 bits per heavy atom. The molecular weight excluding hydrogens is 284 g/mol. The molecule has 0 aromatic heterocycles. The van der Waals surface area contributed by atoms with Crippen LogP contribution in [0.4, 0.5) is 0 Å². The zero-order chi connectivity index (χ0) is 15.3. The lowest BCUT2D eigenvalue weighted by atomic mass is 9.67. The fraction of sp³-hybridized carbons (Fsp3) is 0.625. The molecule has 1 saturated carbocycles. The smallest absolute Gasteiger partial charge is 0.240 e. The first-order valence-corrected chi connectivity index (χ1v) is 9.29.